The third-order valence-electron chi connectivity index (χ3n) is 11.7. The second-order valence-electron chi connectivity index (χ2n) is 16.0. The lowest BCUT2D eigenvalue weighted by Crippen LogP contribution is -2.60. The fraction of sp³-hybridized carbons (Fsp3) is 0.972. The van der Waals surface area contributed by atoms with Gasteiger partial charge in [0.1, 0.15) is 30.0 Å². The lowest BCUT2D eigenvalue weighted by atomic mass is 9.77. The number of nitrogens with one attached hydrogen (secondary N) is 1. The number of hydrogen-bond acceptors (Lipinski definition) is 14. The summed E-state index contributed by atoms with van der Waals surface area (Å²) in [5.41, 5.74) is -4.35. The van der Waals surface area contributed by atoms with Gasteiger partial charge in [-0.15, -0.1) is 0 Å². The minimum atomic E-state index is -1.79. The lowest BCUT2D eigenvalue weighted by Gasteiger charge is -2.48. The molecule has 0 aromatic carbocycles. The van der Waals surface area contributed by atoms with Crippen LogP contribution in [0.3, 0.4) is 0 Å². The van der Waals surface area contributed by atoms with Crippen LogP contribution in [0.4, 0.5) is 0 Å². The number of ether oxygens (including phenoxy) is 6. The molecule has 14 nitrogen and oxygen atoms in total. The zero-order valence-corrected chi connectivity index (χ0v) is 32.4. The van der Waals surface area contributed by atoms with E-state index in [0.29, 0.717) is 19.6 Å². The molecule has 0 unspecified atom stereocenters. The summed E-state index contributed by atoms with van der Waals surface area (Å²) in [7, 11) is 5.09. The van der Waals surface area contributed by atoms with Crippen LogP contribution in [-0.4, -0.2) is 155 Å². The average Bonchev–Trinajstić information content (AvgIpc) is 3.05. The fourth-order valence-electron chi connectivity index (χ4n) is 8.29. The second kappa shape index (κ2) is 17.4. The molecular weight excluding hydrogens is 652 g/mol. The van der Waals surface area contributed by atoms with E-state index in [2.05, 4.69) is 5.32 Å². The van der Waals surface area contributed by atoms with Crippen LogP contribution in [0.5, 0.6) is 0 Å². The predicted molar refractivity (Wildman–Crippen MR) is 185 cm³/mol. The summed E-state index contributed by atoms with van der Waals surface area (Å²) in [5.74, 6) is -2.56. The minimum absolute atomic E-state index is 0.135. The molecule has 6 N–H and O–H groups in total. The van der Waals surface area contributed by atoms with Gasteiger partial charge < -0.3 is 64.2 Å². The van der Waals surface area contributed by atoms with E-state index in [1.165, 1.54) is 14.0 Å². The van der Waals surface area contributed by atoms with Crippen LogP contribution in [0.25, 0.3) is 0 Å². The topological polar surface area (TPSA) is 189 Å². The highest BCUT2D eigenvalue weighted by Gasteiger charge is 2.52. The van der Waals surface area contributed by atoms with Crippen LogP contribution in [0.1, 0.15) is 88.0 Å². The average molecular weight is 721 g/mol. The lowest BCUT2D eigenvalue weighted by molar-refractivity contribution is -0.311. The van der Waals surface area contributed by atoms with Gasteiger partial charge in [0.2, 0.25) is 0 Å². The first-order valence-corrected chi connectivity index (χ1v) is 18.3. The summed E-state index contributed by atoms with van der Waals surface area (Å²) in [6, 6.07) is -0.832. The monoisotopic (exact) mass is 720 g/mol. The third-order valence-corrected chi connectivity index (χ3v) is 11.7. The maximum Gasteiger partial charge on any atom is 0.311 e. The van der Waals surface area contributed by atoms with Crippen LogP contribution in [0.2, 0.25) is 0 Å². The van der Waals surface area contributed by atoms with Gasteiger partial charge in [0, 0.05) is 38.1 Å². The van der Waals surface area contributed by atoms with Crippen molar-refractivity contribution in [3.8, 4) is 0 Å². The molecule has 3 saturated heterocycles. The van der Waals surface area contributed by atoms with Gasteiger partial charge in [-0.1, -0.05) is 20.8 Å². The predicted octanol–water partition coefficient (Wildman–Crippen LogP) is 1.17. The molecule has 0 amide bonds. The largest absolute Gasteiger partial charge is 0.459 e. The van der Waals surface area contributed by atoms with E-state index in [4.69, 9.17) is 28.4 Å². The number of cyclic esters (lactones) is 1. The molecule has 0 radical (unpaired) electrons. The molecule has 0 spiro atoms. The number of nitrogens with zero attached hydrogens (tertiary/aromatic N) is 1. The molecule has 50 heavy (non-hydrogen) atoms. The summed E-state index contributed by atoms with van der Waals surface area (Å²) in [5, 5.41) is 60.7. The van der Waals surface area contributed by atoms with Crippen LogP contribution in [0, 0.1) is 17.8 Å². The number of rotatable bonds is 7. The molecule has 14 heteroatoms. The number of carbonyl (C=O) groups excluding carboxylic acids is 1. The highest BCUT2D eigenvalue weighted by molar-refractivity contribution is 5.73. The highest BCUT2D eigenvalue weighted by Crippen LogP contribution is 2.39. The molecule has 0 saturated carbocycles. The van der Waals surface area contributed by atoms with Crippen molar-refractivity contribution in [1.29, 1.82) is 0 Å². The summed E-state index contributed by atoms with van der Waals surface area (Å²) < 4.78 is 37.0. The van der Waals surface area contributed by atoms with Crippen LogP contribution in [-0.2, 0) is 33.2 Å². The van der Waals surface area contributed by atoms with E-state index in [1.54, 1.807) is 48.6 Å². The van der Waals surface area contributed by atoms with Crippen molar-refractivity contribution in [2.75, 3.05) is 34.4 Å². The van der Waals surface area contributed by atoms with E-state index in [-0.39, 0.29) is 31.2 Å². The number of likely N-dealkylation sites (N-methyl/N-ethyl adjacent to an activating group) is 2. The Morgan fingerprint density at radius 2 is 1.64 bits per heavy atom. The molecule has 17 atom stereocenters. The quantitative estimate of drug-likeness (QED) is 0.206. The fourth-order valence-corrected chi connectivity index (χ4v) is 8.29. The van der Waals surface area contributed by atoms with Gasteiger partial charge in [0.15, 0.2) is 12.6 Å². The maximum absolute atomic E-state index is 14.1. The van der Waals surface area contributed by atoms with Gasteiger partial charge in [-0.05, 0) is 80.8 Å². The zero-order valence-electron chi connectivity index (χ0n) is 32.4. The van der Waals surface area contributed by atoms with Gasteiger partial charge in [-0.2, -0.15) is 0 Å². The van der Waals surface area contributed by atoms with E-state index < -0.39 is 96.0 Å². The van der Waals surface area contributed by atoms with Crippen molar-refractivity contribution in [3.63, 3.8) is 0 Å². The molecule has 3 heterocycles. The Bertz CT molecular complexity index is 1080. The first kappa shape index (κ1) is 43.4. The van der Waals surface area contributed by atoms with Gasteiger partial charge in [-0.25, -0.2) is 0 Å². The number of carbonyl (C=O) groups is 1. The summed E-state index contributed by atoms with van der Waals surface area (Å²) in [6.45, 7) is 16.4. The normalized spacial score (nSPS) is 49.5. The third kappa shape index (κ3) is 9.55. The Labute approximate surface area is 299 Å². The smallest absolute Gasteiger partial charge is 0.311 e. The minimum Gasteiger partial charge on any atom is -0.459 e. The molecule has 3 fully saturated rings. The van der Waals surface area contributed by atoms with Crippen molar-refractivity contribution in [1.82, 2.24) is 10.2 Å². The standard InChI is InChI=1S/C36H68N2O12/c1-13-25-36(9,44)29(40)22(5)38(11)18-19(2)16-34(7,43)31(50-33-27(39)24(37-10)14-15-46-33)20(3)28(21(4)32(42)48-25)49-26-17-35(8,45-12)30(41)23(6)47-26/h19-31,33,37,39-41,43-44H,13-18H2,1-12H3/t19-,20+,21-,22-,23+,24+,25-,26+,27-,28+,29-,30+,31-,33+,34-,35-,36-/m1/s1. The molecule has 3 aliphatic heterocycles. The molecule has 0 aromatic rings. The number of aliphatic hydroxyl groups is 5. The highest BCUT2D eigenvalue weighted by atomic mass is 16.7. The number of hydrogen-bond donors (Lipinski definition) is 6. The summed E-state index contributed by atoms with van der Waals surface area (Å²) >= 11 is 0. The van der Waals surface area contributed by atoms with Crippen LogP contribution < -0.4 is 5.32 Å². The Balaban J connectivity index is 2.15. The molecule has 3 rings (SSSR count). The molecule has 3 aliphatic rings. The van der Waals surface area contributed by atoms with E-state index in [9.17, 15) is 30.3 Å². The van der Waals surface area contributed by atoms with E-state index in [1.807, 2.05) is 25.8 Å². The van der Waals surface area contributed by atoms with Gasteiger partial charge in [-0.3, -0.25) is 4.79 Å². The van der Waals surface area contributed by atoms with Crippen LogP contribution >= 0.6 is 0 Å². The SMILES string of the molecule is CC[C@H]1OC(=O)[C@H](C)[C@@H](O[C@H]2C[C@@](C)(OC)[C@@H](O)[C@H](C)O2)[C@H](C)[C@@H](O[C@@H]2OCC[C@H](NC)[C@H]2O)[C@](C)(O)C[C@@H](C)CN(C)[C@H](C)[C@@H](O)[C@]1(C)O. The Hall–Kier alpha value is -1.01. The molecular formula is C36H68N2O12. The first-order chi connectivity index (χ1) is 23.1. The van der Waals surface area contributed by atoms with E-state index in [0.717, 1.165) is 0 Å². The Kier molecular flexibility index (Phi) is 15.1. The van der Waals surface area contributed by atoms with Crippen molar-refractivity contribution in [2.45, 2.75) is 172 Å². The summed E-state index contributed by atoms with van der Waals surface area (Å²) in [4.78, 5) is 16.0. The number of aliphatic hydroxyl groups excluding tert-OH is 3. The van der Waals surface area contributed by atoms with Crippen molar-refractivity contribution in [2.24, 2.45) is 17.8 Å². The molecule has 294 valence electrons. The first-order valence-electron chi connectivity index (χ1n) is 18.3. The maximum atomic E-state index is 14.1. The number of esters is 1. The van der Waals surface area contributed by atoms with Gasteiger partial charge in [0.05, 0.1) is 42.0 Å². The van der Waals surface area contributed by atoms with Gasteiger partial charge in [0.25, 0.3) is 0 Å². The van der Waals surface area contributed by atoms with Crippen molar-refractivity contribution in [3.05, 3.63) is 0 Å². The van der Waals surface area contributed by atoms with Crippen molar-refractivity contribution >= 4 is 5.97 Å². The Morgan fingerprint density at radius 3 is 2.22 bits per heavy atom. The number of methoxy groups -OCH3 is 1. The second-order valence-corrected chi connectivity index (χ2v) is 16.0. The Morgan fingerprint density at radius 1 is 1.00 bits per heavy atom. The van der Waals surface area contributed by atoms with E-state index >= 15 is 0 Å². The van der Waals surface area contributed by atoms with Crippen molar-refractivity contribution < 1.29 is 58.7 Å². The zero-order chi connectivity index (χ0) is 37.9. The molecule has 0 bridgehead atoms. The molecule has 0 aromatic heterocycles. The molecule has 0 aliphatic carbocycles. The van der Waals surface area contributed by atoms with Gasteiger partial charge >= 0.3 is 5.97 Å². The van der Waals surface area contributed by atoms with Crippen LogP contribution in [0.15, 0.2) is 0 Å². The summed E-state index contributed by atoms with van der Waals surface area (Å²) in [6.07, 6.45) is -7.88.